The van der Waals surface area contributed by atoms with Gasteiger partial charge in [0.05, 0.1) is 0 Å². The Hall–Kier alpha value is -0.120. The number of nitrogens with two attached hydrogens (primary N) is 1. The van der Waals surface area contributed by atoms with Gasteiger partial charge in [0.2, 0.25) is 0 Å². The van der Waals surface area contributed by atoms with Crippen LogP contribution in [0, 0.1) is 11.8 Å². The Morgan fingerprint density at radius 3 is 2.05 bits per heavy atom. The van der Waals surface area contributed by atoms with E-state index in [4.69, 9.17) is 5.84 Å². The number of nitrogens with zero attached hydrogens (tertiary/aromatic N) is 1. The fraction of sp³-hybridized carbons (Fsp3) is 1.00. The van der Waals surface area contributed by atoms with Crippen LogP contribution in [0.3, 0.4) is 0 Å². The minimum atomic E-state index is 0.170. The van der Waals surface area contributed by atoms with E-state index in [1.54, 1.807) is 0 Å². The first-order valence-electron chi connectivity index (χ1n) is 8.24. The molecular weight excluding hydrogens is 234 g/mol. The van der Waals surface area contributed by atoms with Crippen LogP contribution in [-0.2, 0) is 0 Å². The van der Waals surface area contributed by atoms with E-state index in [-0.39, 0.29) is 5.54 Å². The van der Waals surface area contributed by atoms with E-state index < -0.39 is 0 Å². The molecule has 2 atom stereocenters. The molecule has 0 aromatic heterocycles. The van der Waals surface area contributed by atoms with Gasteiger partial charge in [0, 0.05) is 11.6 Å². The van der Waals surface area contributed by atoms with Crippen LogP contribution in [0.5, 0.6) is 0 Å². The second kappa shape index (κ2) is 7.61. The summed E-state index contributed by atoms with van der Waals surface area (Å²) in [7, 11) is 0. The molecule has 3 nitrogen and oxygen atoms in total. The van der Waals surface area contributed by atoms with Crippen LogP contribution in [0.25, 0.3) is 0 Å². The van der Waals surface area contributed by atoms with E-state index in [0.29, 0.717) is 6.04 Å². The normalized spacial score (nSPS) is 29.2. The number of rotatable bonds is 7. The number of hydrogen-bond donors (Lipinski definition) is 2. The average molecular weight is 269 g/mol. The summed E-state index contributed by atoms with van der Waals surface area (Å²) >= 11 is 0. The van der Waals surface area contributed by atoms with Gasteiger partial charge in [-0.05, 0) is 51.1 Å². The molecule has 1 saturated carbocycles. The lowest BCUT2D eigenvalue weighted by atomic mass is 9.72. The summed E-state index contributed by atoms with van der Waals surface area (Å²) in [5.74, 6) is 7.60. The zero-order chi connectivity index (χ0) is 14.5. The Labute approximate surface area is 120 Å². The molecule has 1 aliphatic carbocycles. The van der Waals surface area contributed by atoms with Gasteiger partial charge in [0.15, 0.2) is 0 Å². The lowest BCUT2D eigenvalue weighted by molar-refractivity contribution is 0.0331. The van der Waals surface area contributed by atoms with Crippen molar-refractivity contribution in [2.45, 2.75) is 78.3 Å². The molecule has 0 aromatic rings. The van der Waals surface area contributed by atoms with E-state index >= 15 is 0 Å². The highest BCUT2D eigenvalue weighted by molar-refractivity contribution is 4.99. The van der Waals surface area contributed by atoms with Crippen LogP contribution in [0.2, 0.25) is 0 Å². The zero-order valence-corrected chi connectivity index (χ0v) is 13.7. The van der Waals surface area contributed by atoms with Gasteiger partial charge >= 0.3 is 0 Å². The lowest BCUT2D eigenvalue weighted by Crippen LogP contribution is -2.63. The monoisotopic (exact) mass is 269 g/mol. The maximum absolute atomic E-state index is 5.97. The first kappa shape index (κ1) is 16.9. The van der Waals surface area contributed by atoms with E-state index in [2.05, 4.69) is 44.9 Å². The molecule has 0 aromatic carbocycles. The molecule has 3 heteroatoms. The predicted octanol–water partition coefficient (Wildman–Crippen LogP) is 3.16. The molecule has 0 saturated heterocycles. The van der Waals surface area contributed by atoms with Crippen molar-refractivity contribution in [2.24, 2.45) is 17.7 Å². The minimum absolute atomic E-state index is 0.170. The Balaban J connectivity index is 2.85. The topological polar surface area (TPSA) is 41.3 Å². The van der Waals surface area contributed by atoms with Crippen LogP contribution >= 0.6 is 0 Å². The van der Waals surface area contributed by atoms with Crippen molar-refractivity contribution in [3.63, 3.8) is 0 Å². The fourth-order valence-corrected chi connectivity index (χ4v) is 4.03. The highest BCUT2D eigenvalue weighted by Gasteiger charge is 2.41. The number of hydrazine groups is 1. The zero-order valence-electron chi connectivity index (χ0n) is 13.7. The maximum atomic E-state index is 5.97. The van der Waals surface area contributed by atoms with Crippen molar-refractivity contribution in [3.8, 4) is 0 Å². The Morgan fingerprint density at radius 2 is 1.68 bits per heavy atom. The molecule has 1 aliphatic rings. The van der Waals surface area contributed by atoms with E-state index in [9.17, 15) is 0 Å². The molecule has 0 radical (unpaired) electrons. The Kier molecular flexibility index (Phi) is 6.78. The van der Waals surface area contributed by atoms with Crippen LogP contribution in [-0.4, -0.2) is 29.6 Å². The molecule has 0 heterocycles. The predicted molar refractivity (Wildman–Crippen MR) is 83.9 cm³/mol. The maximum Gasteiger partial charge on any atom is 0.0420 e. The molecule has 0 amide bonds. The first-order chi connectivity index (χ1) is 9.03. The van der Waals surface area contributed by atoms with Crippen molar-refractivity contribution in [1.29, 1.82) is 0 Å². The first-order valence-corrected chi connectivity index (χ1v) is 8.24. The number of hydrogen-bond acceptors (Lipinski definition) is 3. The summed E-state index contributed by atoms with van der Waals surface area (Å²) in [5, 5.41) is 0. The van der Waals surface area contributed by atoms with Gasteiger partial charge in [0.1, 0.15) is 0 Å². The summed E-state index contributed by atoms with van der Waals surface area (Å²) in [6, 6.07) is 0.407. The van der Waals surface area contributed by atoms with Gasteiger partial charge in [-0.25, -0.2) is 0 Å². The Bertz CT molecular complexity index is 244. The molecule has 0 spiro atoms. The van der Waals surface area contributed by atoms with Gasteiger partial charge < -0.3 is 0 Å². The van der Waals surface area contributed by atoms with Gasteiger partial charge in [-0.1, -0.05) is 40.5 Å². The van der Waals surface area contributed by atoms with E-state index in [0.717, 1.165) is 31.3 Å². The second-order valence-electron chi connectivity index (χ2n) is 6.55. The highest BCUT2D eigenvalue weighted by Crippen LogP contribution is 2.36. The summed E-state index contributed by atoms with van der Waals surface area (Å²) in [6.45, 7) is 13.8. The molecule has 1 fully saturated rings. The molecule has 3 N–H and O–H groups in total. The third-order valence-electron chi connectivity index (χ3n) is 5.58. The SMILES string of the molecule is CCN(CC)C(C)(CC)C(NN)C1CCC(C)CC1. The molecular formula is C16H35N3. The molecule has 0 aliphatic heterocycles. The van der Waals surface area contributed by atoms with Crippen LogP contribution in [0.4, 0.5) is 0 Å². The Morgan fingerprint density at radius 1 is 1.16 bits per heavy atom. The van der Waals surface area contributed by atoms with Crippen LogP contribution in [0.1, 0.15) is 66.7 Å². The highest BCUT2D eigenvalue weighted by atomic mass is 15.3. The van der Waals surface area contributed by atoms with Gasteiger partial charge in [0.25, 0.3) is 0 Å². The fourth-order valence-electron chi connectivity index (χ4n) is 4.03. The molecule has 1 rings (SSSR count). The third-order valence-corrected chi connectivity index (χ3v) is 5.58. The lowest BCUT2D eigenvalue weighted by Gasteiger charge is -2.49. The summed E-state index contributed by atoms with van der Waals surface area (Å²) in [6.07, 6.45) is 6.52. The summed E-state index contributed by atoms with van der Waals surface area (Å²) in [4.78, 5) is 2.58. The van der Waals surface area contributed by atoms with E-state index in [1.165, 1.54) is 25.7 Å². The van der Waals surface area contributed by atoms with Crippen molar-refractivity contribution in [3.05, 3.63) is 0 Å². The molecule has 114 valence electrons. The number of nitrogens with one attached hydrogen (secondary N) is 1. The second-order valence-corrected chi connectivity index (χ2v) is 6.55. The van der Waals surface area contributed by atoms with E-state index in [1.807, 2.05) is 0 Å². The summed E-state index contributed by atoms with van der Waals surface area (Å²) in [5.41, 5.74) is 3.36. The van der Waals surface area contributed by atoms with Crippen molar-refractivity contribution in [2.75, 3.05) is 13.1 Å². The van der Waals surface area contributed by atoms with Gasteiger partial charge in [-0.2, -0.15) is 0 Å². The largest absolute Gasteiger partial charge is 0.297 e. The smallest absolute Gasteiger partial charge is 0.0420 e. The standard InChI is InChI=1S/C16H35N3/c1-6-16(5,19(7-2)8-3)15(18-17)14-11-9-13(4)10-12-14/h13-15,18H,6-12,17H2,1-5H3. The third kappa shape index (κ3) is 3.71. The number of likely N-dealkylation sites (N-methyl/N-ethyl adjacent to an activating group) is 1. The van der Waals surface area contributed by atoms with Crippen LogP contribution < -0.4 is 11.3 Å². The quantitative estimate of drug-likeness (QED) is 0.551. The average Bonchev–Trinajstić information content (AvgIpc) is 2.43. The van der Waals surface area contributed by atoms with Gasteiger partial charge in [-0.15, -0.1) is 0 Å². The molecule has 19 heavy (non-hydrogen) atoms. The van der Waals surface area contributed by atoms with Gasteiger partial charge in [-0.3, -0.25) is 16.2 Å². The molecule has 0 bridgehead atoms. The van der Waals surface area contributed by atoms with Crippen LogP contribution in [0.15, 0.2) is 0 Å². The van der Waals surface area contributed by atoms with Crippen molar-refractivity contribution < 1.29 is 0 Å². The molecule has 2 unspecified atom stereocenters. The van der Waals surface area contributed by atoms with Crippen molar-refractivity contribution in [1.82, 2.24) is 10.3 Å². The minimum Gasteiger partial charge on any atom is -0.297 e. The summed E-state index contributed by atoms with van der Waals surface area (Å²) < 4.78 is 0. The van der Waals surface area contributed by atoms with Crippen molar-refractivity contribution >= 4 is 0 Å².